The summed E-state index contributed by atoms with van der Waals surface area (Å²) in [7, 11) is 4.38. The van der Waals surface area contributed by atoms with E-state index in [1.165, 1.54) is 141 Å². The molecule has 1 aliphatic heterocycles. The van der Waals surface area contributed by atoms with Crippen molar-refractivity contribution in [3.8, 4) is 0 Å². The Bertz CT molecular complexity index is 750. The minimum atomic E-state index is -0.302. The van der Waals surface area contributed by atoms with Crippen molar-refractivity contribution in [2.45, 2.75) is 199 Å². The number of nitrogens with zero attached hydrogens (tertiary/aromatic N) is 1. The smallest absolute Gasteiger partial charge is 0.169 e. The van der Waals surface area contributed by atoms with Gasteiger partial charge in [0.15, 0.2) is 5.79 Å². The second-order valence-electron chi connectivity index (χ2n) is 14.8. The van der Waals surface area contributed by atoms with Gasteiger partial charge in [0.2, 0.25) is 0 Å². The fourth-order valence-electron chi connectivity index (χ4n) is 7.30. The second kappa shape index (κ2) is 27.8. The lowest BCUT2D eigenvalue weighted by Crippen LogP contribution is -2.33. The molecule has 3 heteroatoms. The van der Waals surface area contributed by atoms with Crippen LogP contribution in [0.5, 0.6) is 0 Å². The van der Waals surface area contributed by atoms with Gasteiger partial charge in [0, 0.05) is 19.4 Å². The molecular weight excluding hydrogens is 562 g/mol. The quantitative estimate of drug-likeness (QED) is 0.0576. The average Bonchev–Trinajstić information content (AvgIpc) is 3.55. The third-order valence-electron chi connectivity index (χ3n) is 9.92. The number of hydrogen-bond donors (Lipinski definition) is 0. The molecule has 1 heterocycles. The first-order chi connectivity index (χ1) is 22.6. The molecule has 2 rings (SSSR count). The summed E-state index contributed by atoms with van der Waals surface area (Å²) in [5, 5.41) is 0. The van der Waals surface area contributed by atoms with Crippen molar-refractivity contribution in [3.05, 3.63) is 48.6 Å². The molecule has 0 aromatic rings. The molecule has 0 aromatic carbocycles. The van der Waals surface area contributed by atoms with E-state index in [9.17, 15) is 0 Å². The molecule has 1 saturated carbocycles. The SMILES string of the molecule is CCCC/C=C\C/C=C\CCCCCCCCC1(CCCCCCCC/C=C\C/C=C\CCCC)O[C@H]2C[C@@H](CN(C)C)C[C@H]2O1. The molecule has 2 aliphatic rings. The average molecular weight is 640 g/mol. The lowest BCUT2D eigenvalue weighted by molar-refractivity contribution is -0.193. The number of hydrogen-bond acceptors (Lipinski definition) is 3. The Hall–Kier alpha value is -1.16. The molecule has 266 valence electrons. The van der Waals surface area contributed by atoms with Crippen molar-refractivity contribution >= 4 is 0 Å². The third kappa shape index (κ3) is 20.3. The summed E-state index contributed by atoms with van der Waals surface area (Å²) in [4.78, 5) is 2.32. The van der Waals surface area contributed by atoms with Crippen LogP contribution in [0.25, 0.3) is 0 Å². The van der Waals surface area contributed by atoms with E-state index >= 15 is 0 Å². The van der Waals surface area contributed by atoms with E-state index in [2.05, 4.69) is 81.5 Å². The van der Waals surface area contributed by atoms with Gasteiger partial charge < -0.3 is 14.4 Å². The van der Waals surface area contributed by atoms with Crippen LogP contribution in [0.4, 0.5) is 0 Å². The van der Waals surface area contributed by atoms with Crippen LogP contribution in [-0.2, 0) is 9.47 Å². The summed E-state index contributed by atoms with van der Waals surface area (Å²) in [6, 6.07) is 0. The molecule has 0 N–H and O–H groups in total. The topological polar surface area (TPSA) is 21.7 Å². The number of ether oxygens (including phenoxy) is 2. The number of unbranched alkanes of at least 4 members (excludes halogenated alkanes) is 16. The van der Waals surface area contributed by atoms with Crippen LogP contribution in [0.3, 0.4) is 0 Å². The Balaban J connectivity index is 1.59. The molecule has 46 heavy (non-hydrogen) atoms. The Labute approximate surface area is 287 Å². The second-order valence-corrected chi connectivity index (χ2v) is 14.8. The van der Waals surface area contributed by atoms with E-state index in [4.69, 9.17) is 9.47 Å². The summed E-state index contributed by atoms with van der Waals surface area (Å²) in [5.74, 6) is 0.418. The molecule has 0 unspecified atom stereocenters. The molecule has 0 amide bonds. The number of allylic oxidation sites excluding steroid dienone is 8. The number of fused-ring (bicyclic) bond motifs is 1. The van der Waals surface area contributed by atoms with Crippen LogP contribution in [0, 0.1) is 5.92 Å². The highest BCUT2D eigenvalue weighted by Crippen LogP contribution is 2.45. The summed E-state index contributed by atoms with van der Waals surface area (Å²) < 4.78 is 13.7. The fraction of sp³-hybridized carbons (Fsp3) is 0.814. The van der Waals surface area contributed by atoms with E-state index in [0.717, 1.165) is 38.1 Å². The number of rotatable bonds is 30. The first kappa shape index (κ1) is 41.0. The summed E-state index contributed by atoms with van der Waals surface area (Å²) in [5.41, 5.74) is 0. The molecule has 3 atom stereocenters. The minimum absolute atomic E-state index is 0.302. The van der Waals surface area contributed by atoms with E-state index in [0.29, 0.717) is 12.2 Å². The van der Waals surface area contributed by atoms with Gasteiger partial charge in [-0.25, -0.2) is 0 Å². The first-order valence-electron chi connectivity index (χ1n) is 20.2. The predicted molar refractivity (Wildman–Crippen MR) is 202 cm³/mol. The van der Waals surface area contributed by atoms with Crippen molar-refractivity contribution in [2.75, 3.05) is 20.6 Å². The highest BCUT2D eigenvalue weighted by molar-refractivity contribution is 4.95. The maximum absolute atomic E-state index is 6.86. The van der Waals surface area contributed by atoms with Gasteiger partial charge in [0.05, 0.1) is 12.2 Å². The van der Waals surface area contributed by atoms with Gasteiger partial charge in [0.1, 0.15) is 0 Å². The molecule has 2 fully saturated rings. The fourth-order valence-corrected chi connectivity index (χ4v) is 7.30. The van der Waals surface area contributed by atoms with Crippen LogP contribution in [0.15, 0.2) is 48.6 Å². The van der Waals surface area contributed by atoms with Crippen LogP contribution in [0.1, 0.15) is 181 Å². The Morgan fingerprint density at radius 2 is 0.870 bits per heavy atom. The normalized spacial score (nSPS) is 21.4. The zero-order valence-corrected chi connectivity index (χ0v) is 31.2. The highest BCUT2D eigenvalue weighted by atomic mass is 16.8. The summed E-state index contributed by atoms with van der Waals surface area (Å²) >= 11 is 0. The summed E-state index contributed by atoms with van der Waals surface area (Å²) in [6.45, 7) is 5.67. The van der Waals surface area contributed by atoms with Gasteiger partial charge in [-0.2, -0.15) is 0 Å². The van der Waals surface area contributed by atoms with E-state index < -0.39 is 0 Å². The lowest BCUT2D eigenvalue weighted by atomic mass is 9.98. The molecule has 0 bridgehead atoms. The Kier molecular flexibility index (Phi) is 24.7. The predicted octanol–water partition coefficient (Wildman–Crippen LogP) is 13.1. The zero-order valence-electron chi connectivity index (χ0n) is 31.2. The van der Waals surface area contributed by atoms with E-state index in [1.807, 2.05) is 0 Å². The van der Waals surface area contributed by atoms with E-state index in [-0.39, 0.29) is 5.79 Å². The molecule has 3 nitrogen and oxygen atoms in total. The monoisotopic (exact) mass is 640 g/mol. The van der Waals surface area contributed by atoms with Crippen molar-refractivity contribution in [3.63, 3.8) is 0 Å². The van der Waals surface area contributed by atoms with Gasteiger partial charge in [0.25, 0.3) is 0 Å². The van der Waals surface area contributed by atoms with Gasteiger partial charge in [-0.1, -0.05) is 140 Å². The highest BCUT2D eigenvalue weighted by Gasteiger charge is 2.50. The van der Waals surface area contributed by atoms with Gasteiger partial charge in [-0.15, -0.1) is 0 Å². The lowest BCUT2D eigenvalue weighted by Gasteiger charge is -2.30. The van der Waals surface area contributed by atoms with Gasteiger partial charge in [-0.3, -0.25) is 0 Å². The molecular formula is C43H77NO2. The van der Waals surface area contributed by atoms with Crippen molar-refractivity contribution in [1.29, 1.82) is 0 Å². The minimum Gasteiger partial charge on any atom is -0.344 e. The molecule has 1 aliphatic carbocycles. The third-order valence-corrected chi connectivity index (χ3v) is 9.92. The van der Waals surface area contributed by atoms with Crippen LogP contribution in [-0.4, -0.2) is 43.5 Å². The maximum atomic E-state index is 6.86. The van der Waals surface area contributed by atoms with Crippen LogP contribution >= 0.6 is 0 Å². The van der Waals surface area contributed by atoms with Gasteiger partial charge >= 0.3 is 0 Å². The van der Waals surface area contributed by atoms with Crippen molar-refractivity contribution in [1.82, 2.24) is 4.90 Å². The standard InChI is InChI=1S/C43H77NO2/c1-5-7-9-11-13-15-17-19-21-23-25-27-29-31-33-35-43(45-41-37-40(39-44(3)4)38-42(41)46-43)36-34-32-30-28-26-24-22-20-18-16-14-12-10-8-6-2/h11-14,17-20,40-42H,5-10,15-16,21-39H2,1-4H3/b13-11-,14-12-,19-17-,20-18-/t40-,41+,42-. The van der Waals surface area contributed by atoms with Gasteiger partial charge in [-0.05, 0) is 97.1 Å². The van der Waals surface area contributed by atoms with Crippen molar-refractivity contribution < 1.29 is 9.47 Å². The maximum Gasteiger partial charge on any atom is 0.169 e. The van der Waals surface area contributed by atoms with Crippen LogP contribution in [0.2, 0.25) is 0 Å². The Morgan fingerprint density at radius 1 is 0.500 bits per heavy atom. The van der Waals surface area contributed by atoms with E-state index in [1.54, 1.807) is 0 Å². The molecule has 0 aromatic heterocycles. The van der Waals surface area contributed by atoms with Crippen LogP contribution < -0.4 is 0 Å². The Morgan fingerprint density at radius 3 is 1.26 bits per heavy atom. The molecule has 0 spiro atoms. The molecule has 1 saturated heterocycles. The molecule has 0 radical (unpaired) electrons. The summed E-state index contributed by atoms with van der Waals surface area (Å²) in [6.07, 6.45) is 52.2. The largest absolute Gasteiger partial charge is 0.344 e. The first-order valence-corrected chi connectivity index (χ1v) is 20.2. The van der Waals surface area contributed by atoms with Crippen molar-refractivity contribution in [2.24, 2.45) is 5.92 Å². The zero-order chi connectivity index (χ0) is 33.0.